The zero-order chi connectivity index (χ0) is 17.9. The molecule has 128 valence electrons. The Morgan fingerprint density at radius 3 is 2.29 bits per heavy atom. The predicted octanol–water partition coefficient (Wildman–Crippen LogP) is 4.86. The van der Waals surface area contributed by atoms with Gasteiger partial charge in [-0.05, 0) is 57.0 Å². The lowest BCUT2D eigenvalue weighted by Crippen LogP contribution is -2.27. The molecule has 0 saturated heterocycles. The van der Waals surface area contributed by atoms with Gasteiger partial charge in [0.05, 0.1) is 7.11 Å². The summed E-state index contributed by atoms with van der Waals surface area (Å²) in [6.07, 6.45) is -0.491. The molecule has 0 unspecified atom stereocenters. The Hall–Kier alpha value is -2.34. The number of anilines is 1. The van der Waals surface area contributed by atoms with Crippen molar-refractivity contribution in [3.63, 3.8) is 0 Å². The molecule has 0 radical (unpaired) electrons. The van der Waals surface area contributed by atoms with Gasteiger partial charge >= 0.3 is 12.1 Å². The molecular formula is C18H21NO4S. The number of thiophene rings is 1. The summed E-state index contributed by atoms with van der Waals surface area (Å²) in [5, 5.41) is 2.69. The number of carbonyl (C=O) groups excluding carboxylic acids is 2. The van der Waals surface area contributed by atoms with Crippen LogP contribution >= 0.6 is 11.3 Å². The van der Waals surface area contributed by atoms with Gasteiger partial charge in [0.25, 0.3) is 0 Å². The number of esters is 1. The van der Waals surface area contributed by atoms with Gasteiger partial charge in [-0.15, -0.1) is 11.3 Å². The van der Waals surface area contributed by atoms with Crippen LogP contribution in [0, 0.1) is 6.92 Å². The lowest BCUT2D eigenvalue weighted by molar-refractivity contribution is 0.0602. The highest BCUT2D eigenvalue weighted by molar-refractivity contribution is 7.17. The first-order valence-corrected chi connectivity index (χ1v) is 8.30. The van der Waals surface area contributed by atoms with Crippen LogP contribution in [0.4, 0.5) is 10.5 Å². The average molecular weight is 347 g/mol. The molecule has 0 spiro atoms. The van der Waals surface area contributed by atoms with Gasteiger partial charge in [-0.3, -0.25) is 5.32 Å². The van der Waals surface area contributed by atoms with Gasteiger partial charge in [-0.1, -0.05) is 12.1 Å². The van der Waals surface area contributed by atoms with Crippen molar-refractivity contribution in [3.8, 4) is 10.4 Å². The first-order valence-electron chi connectivity index (χ1n) is 7.49. The second-order valence-corrected chi connectivity index (χ2v) is 7.37. The first-order chi connectivity index (χ1) is 11.2. The van der Waals surface area contributed by atoms with E-state index in [0.717, 1.165) is 16.0 Å². The number of ether oxygens (including phenoxy) is 2. The SMILES string of the molecule is COC(=O)c1sc(-c2ccc(NC(=O)OC(C)(C)C)cc2)cc1C. The fourth-order valence-corrected chi connectivity index (χ4v) is 3.16. The minimum Gasteiger partial charge on any atom is -0.465 e. The Morgan fingerprint density at radius 2 is 1.75 bits per heavy atom. The highest BCUT2D eigenvalue weighted by Crippen LogP contribution is 2.32. The van der Waals surface area contributed by atoms with E-state index in [1.165, 1.54) is 18.4 Å². The molecule has 24 heavy (non-hydrogen) atoms. The molecule has 5 nitrogen and oxygen atoms in total. The van der Waals surface area contributed by atoms with E-state index in [1.54, 1.807) is 12.1 Å². The van der Waals surface area contributed by atoms with Crippen LogP contribution in [0.1, 0.15) is 36.0 Å². The molecule has 2 rings (SSSR count). The van der Waals surface area contributed by atoms with Crippen molar-refractivity contribution in [3.05, 3.63) is 40.8 Å². The minimum absolute atomic E-state index is 0.327. The summed E-state index contributed by atoms with van der Waals surface area (Å²) in [6, 6.07) is 9.32. The van der Waals surface area contributed by atoms with Crippen molar-refractivity contribution < 1.29 is 19.1 Å². The molecule has 0 aliphatic carbocycles. The Balaban J connectivity index is 2.12. The lowest BCUT2D eigenvalue weighted by atomic mass is 10.1. The van der Waals surface area contributed by atoms with Crippen molar-refractivity contribution in [2.24, 2.45) is 0 Å². The van der Waals surface area contributed by atoms with Gasteiger partial charge in [-0.2, -0.15) is 0 Å². The third kappa shape index (κ3) is 4.58. The normalized spacial score (nSPS) is 11.0. The van der Waals surface area contributed by atoms with Gasteiger partial charge in [0.15, 0.2) is 0 Å². The van der Waals surface area contributed by atoms with Crippen molar-refractivity contribution in [1.29, 1.82) is 0 Å². The molecule has 1 N–H and O–H groups in total. The van der Waals surface area contributed by atoms with E-state index in [2.05, 4.69) is 5.32 Å². The van der Waals surface area contributed by atoms with E-state index in [-0.39, 0.29) is 5.97 Å². The second-order valence-electron chi connectivity index (χ2n) is 6.32. The largest absolute Gasteiger partial charge is 0.465 e. The van der Waals surface area contributed by atoms with E-state index in [4.69, 9.17) is 9.47 Å². The Morgan fingerprint density at radius 1 is 1.12 bits per heavy atom. The molecule has 0 aliphatic heterocycles. The Bertz CT molecular complexity index is 741. The lowest BCUT2D eigenvalue weighted by Gasteiger charge is -2.19. The van der Waals surface area contributed by atoms with Gasteiger partial charge in [0, 0.05) is 10.6 Å². The monoisotopic (exact) mass is 347 g/mol. The molecule has 1 aromatic heterocycles. The van der Waals surface area contributed by atoms with Crippen molar-refractivity contribution in [2.45, 2.75) is 33.3 Å². The third-order valence-corrected chi connectivity index (χ3v) is 4.37. The van der Waals surface area contributed by atoms with Crippen LogP contribution < -0.4 is 5.32 Å². The molecule has 0 fully saturated rings. The summed E-state index contributed by atoms with van der Waals surface area (Å²) in [6.45, 7) is 7.32. The summed E-state index contributed by atoms with van der Waals surface area (Å²) in [7, 11) is 1.37. The quantitative estimate of drug-likeness (QED) is 0.806. The van der Waals surface area contributed by atoms with E-state index in [1.807, 2.05) is 45.9 Å². The van der Waals surface area contributed by atoms with E-state index < -0.39 is 11.7 Å². The van der Waals surface area contributed by atoms with Gasteiger partial charge in [0.1, 0.15) is 10.5 Å². The molecular weight excluding hydrogens is 326 g/mol. The van der Waals surface area contributed by atoms with Crippen molar-refractivity contribution in [2.75, 3.05) is 12.4 Å². The third-order valence-electron chi connectivity index (χ3n) is 3.10. The molecule has 1 aromatic carbocycles. The zero-order valence-electron chi connectivity index (χ0n) is 14.4. The summed E-state index contributed by atoms with van der Waals surface area (Å²) < 4.78 is 9.99. The predicted molar refractivity (Wildman–Crippen MR) is 95.7 cm³/mol. The zero-order valence-corrected chi connectivity index (χ0v) is 15.2. The fourth-order valence-electron chi connectivity index (χ4n) is 2.06. The maximum atomic E-state index is 11.8. The van der Waals surface area contributed by atoms with Crippen LogP contribution in [0.25, 0.3) is 10.4 Å². The van der Waals surface area contributed by atoms with Crippen LogP contribution in [-0.4, -0.2) is 24.8 Å². The molecule has 0 aliphatic rings. The maximum absolute atomic E-state index is 11.8. The van der Waals surface area contributed by atoms with Crippen LogP contribution in [-0.2, 0) is 9.47 Å². The number of rotatable bonds is 3. The van der Waals surface area contributed by atoms with E-state index in [9.17, 15) is 9.59 Å². The fraction of sp³-hybridized carbons (Fsp3) is 0.333. The Kier molecular flexibility index (Phi) is 5.29. The maximum Gasteiger partial charge on any atom is 0.412 e. The minimum atomic E-state index is -0.539. The average Bonchev–Trinajstić information content (AvgIpc) is 2.87. The van der Waals surface area contributed by atoms with E-state index in [0.29, 0.717) is 10.6 Å². The number of hydrogen-bond donors (Lipinski definition) is 1. The van der Waals surface area contributed by atoms with Crippen LogP contribution in [0.2, 0.25) is 0 Å². The topological polar surface area (TPSA) is 64.6 Å². The number of carbonyl (C=O) groups is 2. The number of benzene rings is 1. The molecule has 6 heteroatoms. The summed E-state index contributed by atoms with van der Waals surface area (Å²) in [5.74, 6) is -0.327. The van der Waals surface area contributed by atoms with E-state index >= 15 is 0 Å². The summed E-state index contributed by atoms with van der Waals surface area (Å²) >= 11 is 1.39. The molecule has 0 bridgehead atoms. The molecule has 1 heterocycles. The standard InChI is InChI=1S/C18H21NO4S/c1-11-10-14(24-15(11)16(20)22-5)12-6-8-13(9-7-12)19-17(21)23-18(2,3)4/h6-10H,1-5H3,(H,19,21). The molecule has 2 aromatic rings. The smallest absolute Gasteiger partial charge is 0.412 e. The van der Waals surface area contributed by atoms with Crippen LogP contribution in [0.3, 0.4) is 0 Å². The molecule has 1 amide bonds. The molecule has 0 atom stereocenters. The summed E-state index contributed by atoms with van der Waals surface area (Å²) in [5.41, 5.74) is 1.96. The number of amides is 1. The Labute approximate surface area is 145 Å². The molecule has 0 saturated carbocycles. The van der Waals surface area contributed by atoms with Crippen molar-refractivity contribution >= 4 is 29.1 Å². The van der Waals surface area contributed by atoms with Crippen LogP contribution in [0.15, 0.2) is 30.3 Å². The number of aryl methyl sites for hydroxylation is 1. The van der Waals surface area contributed by atoms with Gasteiger partial charge in [-0.25, -0.2) is 9.59 Å². The first kappa shape index (κ1) is 18.0. The number of nitrogens with one attached hydrogen (secondary N) is 1. The van der Waals surface area contributed by atoms with Crippen molar-refractivity contribution in [1.82, 2.24) is 0 Å². The highest BCUT2D eigenvalue weighted by atomic mass is 32.1. The highest BCUT2D eigenvalue weighted by Gasteiger charge is 2.17. The van der Waals surface area contributed by atoms with Crippen LogP contribution in [0.5, 0.6) is 0 Å². The summed E-state index contributed by atoms with van der Waals surface area (Å²) in [4.78, 5) is 25.0. The van der Waals surface area contributed by atoms with Gasteiger partial charge in [0.2, 0.25) is 0 Å². The van der Waals surface area contributed by atoms with Gasteiger partial charge < -0.3 is 9.47 Å². The number of methoxy groups -OCH3 is 1. The second kappa shape index (κ2) is 7.05. The number of hydrogen-bond acceptors (Lipinski definition) is 5.